The maximum atomic E-state index is 10.9. The highest BCUT2D eigenvalue weighted by Gasteiger charge is 2.25. The number of aliphatic hydroxyl groups is 1. The first kappa shape index (κ1) is 15.4. The van der Waals surface area contributed by atoms with E-state index in [2.05, 4.69) is 10.3 Å². The van der Waals surface area contributed by atoms with Gasteiger partial charge < -0.3 is 10.4 Å². The van der Waals surface area contributed by atoms with Crippen LogP contribution in [0, 0.1) is 22.5 Å². The number of nitrogens with zero attached hydrogens (tertiary/aromatic N) is 2. The van der Waals surface area contributed by atoms with Gasteiger partial charge in [-0.25, -0.2) is 4.98 Å². The zero-order valence-corrected chi connectivity index (χ0v) is 11.6. The topological polar surface area (TPSA) is 88.3 Å². The molecule has 0 saturated carbocycles. The number of pyridine rings is 1. The lowest BCUT2D eigenvalue weighted by Gasteiger charge is -2.29. The number of nitro groups is 1. The third kappa shape index (κ3) is 3.64. The Morgan fingerprint density at radius 1 is 1.47 bits per heavy atom. The third-order valence-electron chi connectivity index (χ3n) is 3.75. The number of anilines is 1. The molecule has 0 saturated heterocycles. The quantitative estimate of drug-likeness (QED) is 0.585. The Bertz CT molecular complexity index is 436. The van der Waals surface area contributed by atoms with Crippen LogP contribution in [0.1, 0.15) is 32.3 Å². The monoisotopic (exact) mass is 267 g/mol. The van der Waals surface area contributed by atoms with Gasteiger partial charge in [-0.15, -0.1) is 0 Å². The first-order valence-corrected chi connectivity index (χ1v) is 6.43. The SMILES string of the molecule is CCC(CC)(CO)CNc1cc([N+](=O)[O-])c(C)cn1. The number of aryl methyl sites for hydroxylation is 1. The Hall–Kier alpha value is -1.69. The van der Waals surface area contributed by atoms with Crippen molar-refractivity contribution in [3.63, 3.8) is 0 Å². The highest BCUT2D eigenvalue weighted by Crippen LogP contribution is 2.27. The summed E-state index contributed by atoms with van der Waals surface area (Å²) < 4.78 is 0. The van der Waals surface area contributed by atoms with Crippen molar-refractivity contribution in [1.82, 2.24) is 4.98 Å². The number of hydrogen-bond donors (Lipinski definition) is 2. The van der Waals surface area contributed by atoms with Crippen molar-refractivity contribution >= 4 is 11.5 Å². The van der Waals surface area contributed by atoms with Gasteiger partial charge in [0.25, 0.3) is 5.69 Å². The van der Waals surface area contributed by atoms with Crippen LogP contribution in [-0.2, 0) is 0 Å². The van der Waals surface area contributed by atoms with Crippen LogP contribution in [0.3, 0.4) is 0 Å². The largest absolute Gasteiger partial charge is 0.396 e. The minimum absolute atomic E-state index is 0.0556. The maximum absolute atomic E-state index is 10.9. The van der Waals surface area contributed by atoms with Crippen LogP contribution in [0.25, 0.3) is 0 Å². The molecule has 0 unspecified atom stereocenters. The van der Waals surface area contributed by atoms with Crippen LogP contribution in [0.5, 0.6) is 0 Å². The number of rotatable bonds is 7. The van der Waals surface area contributed by atoms with Gasteiger partial charge in [0.15, 0.2) is 0 Å². The number of aromatic nitrogens is 1. The molecule has 2 N–H and O–H groups in total. The van der Waals surface area contributed by atoms with Crippen molar-refractivity contribution < 1.29 is 10.0 Å². The predicted molar refractivity (Wildman–Crippen MR) is 74.2 cm³/mol. The van der Waals surface area contributed by atoms with Crippen LogP contribution in [0.4, 0.5) is 11.5 Å². The molecule has 1 rings (SSSR count). The van der Waals surface area contributed by atoms with E-state index in [1.807, 2.05) is 13.8 Å². The molecule has 0 aliphatic carbocycles. The fourth-order valence-corrected chi connectivity index (χ4v) is 1.86. The third-order valence-corrected chi connectivity index (χ3v) is 3.75. The van der Waals surface area contributed by atoms with E-state index < -0.39 is 4.92 Å². The summed E-state index contributed by atoms with van der Waals surface area (Å²) in [5.74, 6) is 0.469. The molecular formula is C13H21N3O3. The number of nitrogens with one attached hydrogen (secondary N) is 1. The molecular weight excluding hydrogens is 246 g/mol. The summed E-state index contributed by atoms with van der Waals surface area (Å²) in [6.45, 7) is 6.33. The van der Waals surface area contributed by atoms with E-state index in [9.17, 15) is 15.2 Å². The van der Waals surface area contributed by atoms with E-state index in [0.29, 0.717) is 17.9 Å². The van der Waals surface area contributed by atoms with E-state index >= 15 is 0 Å². The summed E-state index contributed by atoms with van der Waals surface area (Å²) in [5.41, 5.74) is 0.386. The number of hydrogen-bond acceptors (Lipinski definition) is 5. The van der Waals surface area contributed by atoms with Crippen LogP contribution >= 0.6 is 0 Å². The molecule has 1 heterocycles. The minimum atomic E-state index is -0.416. The fraction of sp³-hybridized carbons (Fsp3) is 0.615. The molecule has 0 bridgehead atoms. The van der Waals surface area contributed by atoms with Gasteiger partial charge in [-0.1, -0.05) is 13.8 Å². The Morgan fingerprint density at radius 3 is 2.58 bits per heavy atom. The molecule has 0 aliphatic heterocycles. The van der Waals surface area contributed by atoms with E-state index in [1.165, 1.54) is 12.3 Å². The summed E-state index contributed by atoms with van der Waals surface area (Å²) in [4.78, 5) is 14.6. The average molecular weight is 267 g/mol. The standard InChI is InChI=1S/C13H21N3O3/c1-4-13(5-2,9-17)8-15-12-6-11(16(18)19)10(3)7-14-12/h6-7,17H,4-5,8-9H2,1-3H3,(H,14,15). The van der Waals surface area contributed by atoms with E-state index in [4.69, 9.17) is 0 Å². The highest BCUT2D eigenvalue weighted by molar-refractivity contribution is 5.49. The first-order valence-electron chi connectivity index (χ1n) is 6.43. The lowest BCUT2D eigenvalue weighted by atomic mass is 9.83. The molecule has 1 aromatic heterocycles. The van der Waals surface area contributed by atoms with E-state index in [-0.39, 0.29) is 17.7 Å². The molecule has 6 heteroatoms. The Kier molecular flexibility index (Phi) is 5.23. The summed E-state index contributed by atoms with van der Waals surface area (Å²) in [6.07, 6.45) is 3.15. The first-order chi connectivity index (χ1) is 8.98. The molecule has 6 nitrogen and oxygen atoms in total. The molecule has 0 fully saturated rings. The van der Waals surface area contributed by atoms with Crippen molar-refractivity contribution in [2.75, 3.05) is 18.5 Å². The van der Waals surface area contributed by atoms with Crippen LogP contribution in [0.15, 0.2) is 12.3 Å². The second kappa shape index (κ2) is 6.47. The summed E-state index contributed by atoms with van der Waals surface area (Å²) in [5, 5.41) is 23.4. The van der Waals surface area contributed by atoms with Gasteiger partial charge in [0.05, 0.1) is 17.6 Å². The summed E-state index contributed by atoms with van der Waals surface area (Å²) in [7, 11) is 0. The molecule has 106 valence electrons. The van der Waals surface area contributed by atoms with Gasteiger partial charge in [-0.05, 0) is 19.8 Å². The Morgan fingerprint density at radius 2 is 2.11 bits per heavy atom. The zero-order chi connectivity index (χ0) is 14.5. The van der Waals surface area contributed by atoms with Crippen LogP contribution in [0.2, 0.25) is 0 Å². The minimum Gasteiger partial charge on any atom is -0.396 e. The molecule has 0 spiro atoms. The van der Waals surface area contributed by atoms with E-state index in [1.54, 1.807) is 6.92 Å². The van der Waals surface area contributed by atoms with Crippen molar-refractivity contribution in [3.8, 4) is 0 Å². The van der Waals surface area contributed by atoms with Gasteiger partial charge in [0, 0.05) is 23.7 Å². The number of aliphatic hydroxyl groups excluding tert-OH is 1. The van der Waals surface area contributed by atoms with Crippen LogP contribution < -0.4 is 5.32 Å². The van der Waals surface area contributed by atoms with Gasteiger partial charge >= 0.3 is 0 Å². The second-order valence-electron chi connectivity index (χ2n) is 4.83. The lowest BCUT2D eigenvalue weighted by molar-refractivity contribution is -0.385. The van der Waals surface area contributed by atoms with Gasteiger partial charge in [-0.3, -0.25) is 10.1 Å². The molecule has 1 aromatic rings. The van der Waals surface area contributed by atoms with Crippen molar-refractivity contribution in [2.45, 2.75) is 33.6 Å². The van der Waals surface area contributed by atoms with Crippen molar-refractivity contribution in [2.24, 2.45) is 5.41 Å². The maximum Gasteiger partial charge on any atom is 0.277 e. The fourth-order valence-electron chi connectivity index (χ4n) is 1.86. The predicted octanol–water partition coefficient (Wildman–Crippen LogP) is 2.51. The second-order valence-corrected chi connectivity index (χ2v) is 4.83. The van der Waals surface area contributed by atoms with Crippen molar-refractivity contribution in [3.05, 3.63) is 27.9 Å². The zero-order valence-electron chi connectivity index (χ0n) is 11.6. The molecule has 0 aromatic carbocycles. The van der Waals surface area contributed by atoms with Gasteiger partial charge in [0.2, 0.25) is 0 Å². The van der Waals surface area contributed by atoms with Crippen LogP contribution in [-0.4, -0.2) is 28.2 Å². The molecule has 0 atom stereocenters. The lowest BCUT2D eigenvalue weighted by Crippen LogP contribution is -2.32. The smallest absolute Gasteiger partial charge is 0.277 e. The Labute approximate surface area is 113 Å². The Balaban J connectivity index is 2.83. The van der Waals surface area contributed by atoms with Crippen molar-refractivity contribution in [1.29, 1.82) is 0 Å². The molecule has 0 radical (unpaired) electrons. The molecule has 0 amide bonds. The normalized spacial score (nSPS) is 11.4. The average Bonchev–Trinajstić information content (AvgIpc) is 2.42. The van der Waals surface area contributed by atoms with Gasteiger partial charge in [0.1, 0.15) is 5.82 Å². The highest BCUT2D eigenvalue weighted by atomic mass is 16.6. The summed E-state index contributed by atoms with van der Waals surface area (Å²) >= 11 is 0. The molecule has 19 heavy (non-hydrogen) atoms. The summed E-state index contributed by atoms with van der Waals surface area (Å²) in [6, 6.07) is 1.43. The molecule has 0 aliphatic rings. The van der Waals surface area contributed by atoms with Gasteiger partial charge in [-0.2, -0.15) is 0 Å². The van der Waals surface area contributed by atoms with E-state index in [0.717, 1.165) is 12.8 Å².